The molecule has 0 aliphatic carbocycles. The topological polar surface area (TPSA) is 389 Å². The van der Waals surface area contributed by atoms with Crippen molar-refractivity contribution in [2.45, 2.75) is 122 Å². The summed E-state index contributed by atoms with van der Waals surface area (Å²) in [5.41, 5.74) is 18.1. The fraction of sp³-hybridized carbons (Fsp3) is 0.523. The van der Waals surface area contributed by atoms with Crippen molar-refractivity contribution in [3.05, 3.63) is 54.2 Å². The average molecular weight is 951 g/mol. The Kier molecular flexibility index (Phi) is 21.6. The second kappa shape index (κ2) is 26.7. The second-order valence-electron chi connectivity index (χ2n) is 17.1. The number of nitrogens with zero attached hydrogens (tertiary/aromatic N) is 1. The molecule has 0 saturated heterocycles. The highest BCUT2D eigenvalue weighted by Crippen LogP contribution is 2.20. The molecule has 0 unspecified atom stereocenters. The number of carbonyl (C=O) groups is 10. The summed E-state index contributed by atoms with van der Waals surface area (Å²) in [5.74, 6) is -8.14. The van der Waals surface area contributed by atoms with Crippen molar-refractivity contribution < 1.29 is 47.9 Å². The SMILES string of the molecule is CCNC(=O)[C@H](CC(C)C)NC(=O)[C@H](Cc1cnc[nH]1)NC(=O)CNC(=O)[C@@H](NC(=O)[C@H](C)NC(=O)[C@H](Cc1c[nH]c2ccccc12)NC(=O)[C@H](CCC(N)=O)NC(=O)[C@@H](N)CC(N)=O)C(C)C. The number of nitrogens with one attached hydrogen (secondary N) is 10. The van der Waals surface area contributed by atoms with Crippen molar-refractivity contribution in [1.29, 1.82) is 0 Å². The molecule has 0 spiro atoms. The highest BCUT2D eigenvalue weighted by molar-refractivity contribution is 5.98. The first-order valence-electron chi connectivity index (χ1n) is 22.3. The smallest absolute Gasteiger partial charge is 0.243 e. The van der Waals surface area contributed by atoms with Gasteiger partial charge in [-0.3, -0.25) is 47.9 Å². The minimum absolute atomic E-state index is 0.0184. The van der Waals surface area contributed by atoms with E-state index in [2.05, 4.69) is 57.5 Å². The van der Waals surface area contributed by atoms with Crippen LogP contribution in [0.25, 0.3) is 10.9 Å². The van der Waals surface area contributed by atoms with E-state index in [9.17, 15) is 47.9 Å². The Bertz CT molecular complexity index is 2240. The van der Waals surface area contributed by atoms with Crippen molar-refractivity contribution >= 4 is 70.0 Å². The Hall–Kier alpha value is -7.37. The molecule has 372 valence electrons. The van der Waals surface area contributed by atoms with Crippen LogP contribution in [0, 0.1) is 11.8 Å². The summed E-state index contributed by atoms with van der Waals surface area (Å²) in [6.07, 6.45) is 3.54. The normalized spacial score (nSPS) is 14.2. The van der Waals surface area contributed by atoms with Gasteiger partial charge in [0, 0.05) is 54.8 Å². The van der Waals surface area contributed by atoms with Gasteiger partial charge in [-0.15, -0.1) is 0 Å². The van der Waals surface area contributed by atoms with E-state index in [-0.39, 0.29) is 37.5 Å². The first-order valence-corrected chi connectivity index (χ1v) is 22.3. The predicted octanol–water partition coefficient (Wildman–Crippen LogP) is -2.97. The van der Waals surface area contributed by atoms with Crippen LogP contribution >= 0.6 is 0 Å². The summed E-state index contributed by atoms with van der Waals surface area (Å²) >= 11 is 0. The lowest BCUT2D eigenvalue weighted by molar-refractivity contribution is -0.135. The Morgan fingerprint density at radius 2 is 1.29 bits per heavy atom. The minimum atomic E-state index is -1.44. The molecular formula is C44H66N14O10. The molecule has 1 aromatic carbocycles. The monoisotopic (exact) mass is 951 g/mol. The molecule has 68 heavy (non-hydrogen) atoms. The third-order valence-electron chi connectivity index (χ3n) is 10.5. The van der Waals surface area contributed by atoms with Gasteiger partial charge in [-0.05, 0) is 50.2 Å². The lowest BCUT2D eigenvalue weighted by Crippen LogP contribution is -2.59. The minimum Gasteiger partial charge on any atom is -0.370 e. The van der Waals surface area contributed by atoms with Crippen LogP contribution in [-0.2, 0) is 60.8 Å². The van der Waals surface area contributed by atoms with Crippen molar-refractivity contribution in [1.82, 2.24) is 57.5 Å². The number of nitrogens with two attached hydrogens (primary N) is 3. The molecule has 3 rings (SSSR count). The zero-order valence-electron chi connectivity index (χ0n) is 39.2. The number of benzene rings is 1. The first kappa shape index (κ1) is 55.0. The third-order valence-corrected chi connectivity index (χ3v) is 10.5. The number of carbonyl (C=O) groups excluding carboxylic acids is 10. The van der Waals surface area contributed by atoms with Gasteiger partial charge >= 0.3 is 0 Å². The molecule has 16 N–H and O–H groups in total. The van der Waals surface area contributed by atoms with Crippen molar-refractivity contribution in [3.63, 3.8) is 0 Å². The number of imidazole rings is 1. The maximum absolute atomic E-state index is 14.0. The number of H-pyrrole nitrogens is 2. The van der Waals surface area contributed by atoms with E-state index in [4.69, 9.17) is 17.2 Å². The quantitative estimate of drug-likeness (QED) is 0.0347. The zero-order valence-corrected chi connectivity index (χ0v) is 39.2. The number of amides is 10. The molecule has 0 saturated carbocycles. The van der Waals surface area contributed by atoms with E-state index >= 15 is 0 Å². The Labute approximate surface area is 393 Å². The maximum atomic E-state index is 14.0. The average Bonchev–Trinajstić information content (AvgIpc) is 3.94. The Morgan fingerprint density at radius 3 is 1.91 bits per heavy atom. The van der Waals surface area contributed by atoms with Gasteiger partial charge in [0.2, 0.25) is 59.1 Å². The van der Waals surface area contributed by atoms with Gasteiger partial charge in [0.1, 0.15) is 36.3 Å². The highest BCUT2D eigenvalue weighted by atomic mass is 16.2. The van der Waals surface area contributed by atoms with Gasteiger partial charge in [-0.25, -0.2) is 4.98 Å². The number of fused-ring (bicyclic) bond motifs is 1. The predicted molar refractivity (Wildman–Crippen MR) is 248 cm³/mol. The number of likely N-dealkylation sites (N-methyl/N-ethyl adjacent to an activating group) is 1. The number of rotatable bonds is 28. The summed E-state index contributed by atoms with van der Waals surface area (Å²) in [7, 11) is 0. The van der Waals surface area contributed by atoms with Crippen LogP contribution in [0.3, 0.4) is 0 Å². The van der Waals surface area contributed by atoms with Crippen LogP contribution in [-0.4, -0.2) is 129 Å². The Morgan fingerprint density at radius 1 is 0.662 bits per heavy atom. The molecule has 7 atom stereocenters. The molecule has 2 aromatic heterocycles. The second-order valence-corrected chi connectivity index (χ2v) is 17.1. The number of aromatic nitrogens is 3. The maximum Gasteiger partial charge on any atom is 0.243 e. The lowest BCUT2D eigenvalue weighted by atomic mass is 10.0. The van der Waals surface area contributed by atoms with Crippen LogP contribution in [0.1, 0.15) is 78.5 Å². The van der Waals surface area contributed by atoms with E-state index < -0.39 is 114 Å². The zero-order chi connectivity index (χ0) is 50.7. The van der Waals surface area contributed by atoms with Gasteiger partial charge < -0.3 is 69.7 Å². The summed E-state index contributed by atoms with van der Waals surface area (Å²) in [5, 5.41) is 21.4. The van der Waals surface area contributed by atoms with Gasteiger partial charge in [0.15, 0.2) is 0 Å². The molecule has 10 amide bonds. The molecular weight excluding hydrogens is 885 g/mol. The van der Waals surface area contributed by atoms with Gasteiger partial charge in [-0.2, -0.15) is 0 Å². The van der Waals surface area contributed by atoms with Crippen molar-refractivity contribution in [2.24, 2.45) is 29.0 Å². The Balaban J connectivity index is 1.74. The molecule has 0 fully saturated rings. The molecule has 0 bridgehead atoms. The van der Waals surface area contributed by atoms with E-state index in [0.717, 1.165) is 10.9 Å². The summed E-state index contributed by atoms with van der Waals surface area (Å²) in [6.45, 7) is 9.92. The number of primary amides is 2. The molecule has 24 heteroatoms. The van der Waals surface area contributed by atoms with E-state index in [0.29, 0.717) is 24.2 Å². The van der Waals surface area contributed by atoms with Crippen LogP contribution in [0.5, 0.6) is 0 Å². The van der Waals surface area contributed by atoms with Crippen LogP contribution in [0.4, 0.5) is 0 Å². The van der Waals surface area contributed by atoms with Gasteiger partial charge in [0.25, 0.3) is 0 Å². The number of hydrogen-bond donors (Lipinski definition) is 13. The molecule has 3 aromatic rings. The molecule has 0 aliphatic rings. The number of para-hydroxylation sites is 1. The summed E-state index contributed by atoms with van der Waals surface area (Å²) in [4.78, 5) is 140. The standard InChI is InChI=1S/C44H66N14O10/c1-7-49-40(64)31(14-22(2)3)56-43(67)33(16-26-19-48-21-52-26)54-36(61)20-51-44(68)37(23(4)5)58-38(62)24(6)53-42(66)32(15-25-18-50-29-11-9-8-10-27(25)29)57-41(65)30(12-13-34(46)59)55-39(63)28(45)17-35(47)60/h8-11,18-19,21-24,28,30-33,37,50H,7,12-17,20,45H2,1-6H3,(H2,46,59)(H2,47,60)(H,48,52)(H,49,64)(H,51,68)(H,53,66)(H,54,61)(H,55,63)(H,56,67)(H,57,65)(H,58,62)/t24-,28-,30-,31-,32-,33-,37-/m0/s1. The first-order chi connectivity index (χ1) is 32.1. The van der Waals surface area contributed by atoms with Crippen molar-refractivity contribution in [3.8, 4) is 0 Å². The summed E-state index contributed by atoms with van der Waals surface area (Å²) in [6, 6.07) is -1.66. The van der Waals surface area contributed by atoms with E-state index in [1.807, 2.05) is 13.8 Å². The highest BCUT2D eigenvalue weighted by Gasteiger charge is 2.33. The van der Waals surface area contributed by atoms with Crippen LogP contribution < -0.4 is 59.7 Å². The van der Waals surface area contributed by atoms with Gasteiger partial charge in [-0.1, -0.05) is 45.9 Å². The molecule has 24 nitrogen and oxygen atoms in total. The fourth-order valence-corrected chi connectivity index (χ4v) is 6.96. The fourth-order valence-electron chi connectivity index (χ4n) is 6.96. The lowest BCUT2D eigenvalue weighted by Gasteiger charge is -2.26. The number of hydrogen-bond acceptors (Lipinski definition) is 12. The van der Waals surface area contributed by atoms with E-state index in [1.54, 1.807) is 51.2 Å². The largest absolute Gasteiger partial charge is 0.370 e. The van der Waals surface area contributed by atoms with Crippen LogP contribution in [0.2, 0.25) is 0 Å². The molecule has 0 aliphatic heterocycles. The van der Waals surface area contributed by atoms with Crippen LogP contribution in [0.15, 0.2) is 43.0 Å². The molecule has 2 heterocycles. The third kappa shape index (κ3) is 17.8. The summed E-state index contributed by atoms with van der Waals surface area (Å²) < 4.78 is 0. The van der Waals surface area contributed by atoms with Crippen molar-refractivity contribution in [2.75, 3.05) is 13.1 Å². The van der Waals surface area contributed by atoms with Gasteiger partial charge in [0.05, 0.1) is 25.3 Å². The number of aromatic amines is 2. The van der Waals surface area contributed by atoms with E-state index in [1.165, 1.54) is 19.4 Å². The molecule has 0 radical (unpaired) electrons.